The summed E-state index contributed by atoms with van der Waals surface area (Å²) in [5.41, 5.74) is 3.63. The summed E-state index contributed by atoms with van der Waals surface area (Å²) in [4.78, 5) is 11.7. The molecule has 0 saturated carbocycles. The van der Waals surface area contributed by atoms with Crippen molar-refractivity contribution in [2.75, 3.05) is 12.4 Å². The molecule has 0 bridgehead atoms. The highest BCUT2D eigenvalue weighted by atomic mass is 32.1. The van der Waals surface area contributed by atoms with Gasteiger partial charge in [-0.05, 0) is 61.2 Å². The van der Waals surface area contributed by atoms with Gasteiger partial charge in [-0.3, -0.25) is 0 Å². The quantitative estimate of drug-likeness (QED) is 0.552. The van der Waals surface area contributed by atoms with Crippen LogP contribution >= 0.6 is 12.2 Å². The van der Waals surface area contributed by atoms with Gasteiger partial charge in [0.25, 0.3) is 0 Å². The van der Waals surface area contributed by atoms with E-state index in [2.05, 4.69) is 55.7 Å². The lowest BCUT2D eigenvalue weighted by Crippen LogP contribution is -2.39. The summed E-state index contributed by atoms with van der Waals surface area (Å²) in [6.45, 7) is 8.56. The number of anilines is 1. The number of methoxy groups -OCH3 is 1. The summed E-state index contributed by atoms with van der Waals surface area (Å²) in [7, 11) is 1.37. The van der Waals surface area contributed by atoms with Crippen molar-refractivity contribution in [3.05, 3.63) is 65.2 Å². The standard InChI is InChI=1S/C22H28N2O2S/c1-15-11-12-17(20(25)26-5)13-19(15)24-21(27)23-16(2)14-22(3,4)18-9-7-6-8-10-18/h6-13,16H,14H2,1-5H3,(H2,23,24,27)/t16-/m1/s1. The summed E-state index contributed by atoms with van der Waals surface area (Å²) in [6, 6.07) is 16.0. The van der Waals surface area contributed by atoms with Crippen LogP contribution in [-0.4, -0.2) is 24.2 Å². The molecule has 144 valence electrons. The molecule has 2 rings (SSSR count). The van der Waals surface area contributed by atoms with Gasteiger partial charge in [-0.1, -0.05) is 50.2 Å². The van der Waals surface area contributed by atoms with Crippen LogP contribution in [0.2, 0.25) is 0 Å². The van der Waals surface area contributed by atoms with E-state index >= 15 is 0 Å². The van der Waals surface area contributed by atoms with E-state index in [1.807, 2.05) is 19.1 Å². The van der Waals surface area contributed by atoms with Crippen molar-refractivity contribution in [2.45, 2.75) is 45.6 Å². The largest absolute Gasteiger partial charge is 0.465 e. The highest BCUT2D eigenvalue weighted by molar-refractivity contribution is 7.80. The van der Waals surface area contributed by atoms with Crippen molar-refractivity contribution in [3.63, 3.8) is 0 Å². The van der Waals surface area contributed by atoms with Crippen LogP contribution in [0.25, 0.3) is 0 Å². The Balaban J connectivity index is 2.00. The first-order chi connectivity index (χ1) is 12.7. The summed E-state index contributed by atoms with van der Waals surface area (Å²) >= 11 is 5.48. The minimum Gasteiger partial charge on any atom is -0.465 e. The molecule has 2 aromatic rings. The molecule has 1 atom stereocenters. The number of aryl methyl sites for hydroxylation is 1. The molecule has 5 heteroatoms. The molecule has 27 heavy (non-hydrogen) atoms. The number of thiocarbonyl (C=S) groups is 1. The van der Waals surface area contributed by atoms with Crippen LogP contribution in [0.4, 0.5) is 5.69 Å². The third kappa shape index (κ3) is 5.79. The second-order valence-corrected chi connectivity index (χ2v) is 7.88. The molecule has 0 aromatic heterocycles. The minimum absolute atomic E-state index is 0.0318. The van der Waals surface area contributed by atoms with E-state index in [9.17, 15) is 4.79 Å². The molecular formula is C22H28N2O2S. The van der Waals surface area contributed by atoms with Gasteiger partial charge in [0.05, 0.1) is 12.7 Å². The molecular weight excluding hydrogens is 356 g/mol. The lowest BCUT2D eigenvalue weighted by molar-refractivity contribution is 0.0601. The maximum atomic E-state index is 11.7. The summed E-state index contributed by atoms with van der Waals surface area (Å²) in [5, 5.41) is 7.09. The number of ether oxygens (including phenoxy) is 1. The minimum atomic E-state index is -0.366. The maximum Gasteiger partial charge on any atom is 0.337 e. The second-order valence-electron chi connectivity index (χ2n) is 7.47. The second kappa shape index (κ2) is 9.00. The topological polar surface area (TPSA) is 50.4 Å². The Morgan fingerprint density at radius 1 is 1.19 bits per heavy atom. The number of rotatable bonds is 6. The molecule has 0 saturated heterocycles. The smallest absolute Gasteiger partial charge is 0.337 e. The molecule has 0 aliphatic carbocycles. The zero-order valence-corrected chi connectivity index (χ0v) is 17.4. The number of esters is 1. The number of benzene rings is 2. The van der Waals surface area contributed by atoms with E-state index in [-0.39, 0.29) is 17.4 Å². The first-order valence-electron chi connectivity index (χ1n) is 9.05. The van der Waals surface area contributed by atoms with Crippen molar-refractivity contribution in [1.29, 1.82) is 0 Å². The van der Waals surface area contributed by atoms with E-state index in [0.717, 1.165) is 17.7 Å². The Bertz CT molecular complexity index is 803. The first kappa shape index (κ1) is 20.9. The van der Waals surface area contributed by atoms with Gasteiger partial charge in [-0.2, -0.15) is 0 Å². The lowest BCUT2D eigenvalue weighted by Gasteiger charge is -2.30. The fraction of sp³-hybridized carbons (Fsp3) is 0.364. The average molecular weight is 385 g/mol. The van der Waals surface area contributed by atoms with E-state index in [1.54, 1.807) is 12.1 Å². The van der Waals surface area contributed by atoms with Crippen LogP contribution < -0.4 is 10.6 Å². The Kier molecular flexibility index (Phi) is 6.97. The van der Waals surface area contributed by atoms with Crippen LogP contribution in [0.15, 0.2) is 48.5 Å². The molecule has 4 nitrogen and oxygen atoms in total. The third-order valence-corrected chi connectivity index (χ3v) is 4.88. The van der Waals surface area contributed by atoms with E-state index in [4.69, 9.17) is 17.0 Å². The van der Waals surface area contributed by atoms with Crippen LogP contribution in [0.5, 0.6) is 0 Å². The number of nitrogens with one attached hydrogen (secondary N) is 2. The molecule has 0 aliphatic heterocycles. The van der Waals surface area contributed by atoms with Gasteiger partial charge >= 0.3 is 5.97 Å². The number of hydrogen-bond acceptors (Lipinski definition) is 3. The lowest BCUT2D eigenvalue weighted by atomic mass is 9.79. The zero-order chi connectivity index (χ0) is 20.0. The van der Waals surface area contributed by atoms with Crippen molar-refractivity contribution >= 4 is 29.0 Å². The normalized spacial score (nSPS) is 12.2. The van der Waals surface area contributed by atoms with Gasteiger partial charge in [0, 0.05) is 11.7 Å². The Morgan fingerprint density at radius 2 is 1.85 bits per heavy atom. The molecule has 0 radical (unpaired) electrons. The fourth-order valence-electron chi connectivity index (χ4n) is 3.21. The third-order valence-electron chi connectivity index (χ3n) is 4.66. The van der Waals surface area contributed by atoms with Gasteiger partial charge in [0.1, 0.15) is 0 Å². The molecule has 0 amide bonds. The molecule has 2 N–H and O–H groups in total. The SMILES string of the molecule is COC(=O)c1ccc(C)c(NC(=S)N[C@H](C)CC(C)(C)c2ccccc2)c1. The number of hydrogen-bond donors (Lipinski definition) is 2. The van der Waals surface area contributed by atoms with E-state index < -0.39 is 0 Å². The summed E-state index contributed by atoms with van der Waals surface area (Å²) in [6.07, 6.45) is 0.931. The summed E-state index contributed by atoms with van der Waals surface area (Å²) < 4.78 is 4.78. The van der Waals surface area contributed by atoms with Crippen molar-refractivity contribution < 1.29 is 9.53 Å². The Labute approximate surface area is 167 Å². The van der Waals surface area contributed by atoms with Crippen LogP contribution in [-0.2, 0) is 10.2 Å². The highest BCUT2D eigenvalue weighted by Gasteiger charge is 2.23. The predicted octanol–water partition coefficient (Wildman–Crippen LogP) is 4.82. The number of carbonyl (C=O) groups excluding carboxylic acids is 1. The molecule has 2 aromatic carbocycles. The fourth-order valence-corrected chi connectivity index (χ4v) is 3.52. The monoisotopic (exact) mass is 384 g/mol. The average Bonchev–Trinajstić information content (AvgIpc) is 2.63. The Hall–Kier alpha value is -2.40. The maximum absolute atomic E-state index is 11.7. The van der Waals surface area contributed by atoms with Crippen molar-refractivity contribution in [2.24, 2.45) is 0 Å². The molecule has 0 spiro atoms. The van der Waals surface area contributed by atoms with Crippen molar-refractivity contribution in [1.82, 2.24) is 5.32 Å². The molecule has 0 unspecified atom stereocenters. The first-order valence-corrected chi connectivity index (χ1v) is 9.46. The zero-order valence-electron chi connectivity index (χ0n) is 16.6. The van der Waals surface area contributed by atoms with Gasteiger partial charge in [-0.25, -0.2) is 4.79 Å². The number of carbonyl (C=O) groups is 1. The van der Waals surface area contributed by atoms with E-state index in [1.165, 1.54) is 12.7 Å². The van der Waals surface area contributed by atoms with Gasteiger partial charge in [0.15, 0.2) is 5.11 Å². The summed E-state index contributed by atoms with van der Waals surface area (Å²) in [5.74, 6) is -0.366. The molecule has 0 fully saturated rings. The molecule has 0 aliphatic rings. The van der Waals surface area contributed by atoms with Crippen LogP contribution in [0, 0.1) is 6.92 Å². The highest BCUT2D eigenvalue weighted by Crippen LogP contribution is 2.28. The van der Waals surface area contributed by atoms with Crippen molar-refractivity contribution in [3.8, 4) is 0 Å². The van der Waals surface area contributed by atoms with Gasteiger partial charge < -0.3 is 15.4 Å². The van der Waals surface area contributed by atoms with E-state index in [0.29, 0.717) is 10.7 Å². The van der Waals surface area contributed by atoms with Crippen LogP contribution in [0.3, 0.4) is 0 Å². The van der Waals surface area contributed by atoms with Crippen LogP contribution in [0.1, 0.15) is 48.7 Å². The predicted molar refractivity (Wildman–Crippen MR) is 115 cm³/mol. The molecule has 0 heterocycles. The van der Waals surface area contributed by atoms with Gasteiger partial charge in [-0.15, -0.1) is 0 Å². The van der Waals surface area contributed by atoms with Gasteiger partial charge in [0.2, 0.25) is 0 Å². The Morgan fingerprint density at radius 3 is 2.48 bits per heavy atom.